The molecule has 3 aliphatic rings. The van der Waals surface area contributed by atoms with Gasteiger partial charge in [-0.3, -0.25) is 4.79 Å². The standard InChI is InChI=1S/C19H22F3NO3/c20-19(21,22)13-3-1-12(2-4-13)7-17(5-6-26-11-17)16(25)23-15-10-18(15)8-14(24)9-18/h1-4,14-15,24H,5-11H2,(H,23,25). The molecule has 1 saturated heterocycles. The number of aliphatic hydroxyl groups is 1. The van der Waals surface area contributed by atoms with Gasteiger partial charge >= 0.3 is 6.18 Å². The molecule has 0 aromatic heterocycles. The molecule has 7 heteroatoms. The lowest BCUT2D eigenvalue weighted by molar-refractivity contribution is -0.137. The maximum Gasteiger partial charge on any atom is 0.416 e. The Bertz CT molecular complexity index is 689. The van der Waals surface area contributed by atoms with Crippen LogP contribution in [0.5, 0.6) is 0 Å². The second kappa shape index (κ2) is 5.96. The van der Waals surface area contributed by atoms with Gasteiger partial charge in [0.1, 0.15) is 0 Å². The van der Waals surface area contributed by atoms with Crippen molar-refractivity contribution in [2.24, 2.45) is 10.8 Å². The first kappa shape index (κ1) is 17.8. The minimum Gasteiger partial charge on any atom is -0.393 e. The third-order valence-electron chi connectivity index (χ3n) is 6.19. The summed E-state index contributed by atoms with van der Waals surface area (Å²) in [6.07, 6.45) is -1.33. The van der Waals surface area contributed by atoms with Crippen LogP contribution in [-0.4, -0.2) is 36.4 Å². The van der Waals surface area contributed by atoms with Crippen LogP contribution in [0.15, 0.2) is 24.3 Å². The first-order chi connectivity index (χ1) is 12.2. The second-order valence-electron chi connectivity index (χ2n) is 8.11. The number of nitrogens with one attached hydrogen (secondary N) is 1. The summed E-state index contributed by atoms with van der Waals surface area (Å²) in [4.78, 5) is 12.9. The van der Waals surface area contributed by atoms with Gasteiger partial charge < -0.3 is 15.2 Å². The number of hydrogen-bond donors (Lipinski definition) is 2. The number of aliphatic hydroxyl groups excluding tert-OH is 1. The normalized spacial score (nSPS) is 36.0. The average Bonchev–Trinajstić information content (AvgIpc) is 3.03. The Hall–Kier alpha value is -1.60. The lowest BCUT2D eigenvalue weighted by Crippen LogP contribution is -2.46. The van der Waals surface area contributed by atoms with Gasteiger partial charge in [-0.05, 0) is 55.2 Å². The van der Waals surface area contributed by atoms with Crippen molar-refractivity contribution >= 4 is 5.91 Å². The summed E-state index contributed by atoms with van der Waals surface area (Å²) in [7, 11) is 0. The Morgan fingerprint density at radius 3 is 2.46 bits per heavy atom. The SMILES string of the molecule is O=C(NC1CC12CC(O)C2)C1(Cc2ccc(C(F)(F)F)cc2)CCOC1. The predicted molar refractivity (Wildman–Crippen MR) is 87.2 cm³/mol. The van der Waals surface area contributed by atoms with E-state index in [-0.39, 0.29) is 30.1 Å². The molecule has 1 heterocycles. The van der Waals surface area contributed by atoms with E-state index in [2.05, 4.69) is 5.32 Å². The van der Waals surface area contributed by atoms with Crippen LogP contribution in [0.1, 0.15) is 36.8 Å². The lowest BCUT2D eigenvalue weighted by atomic mass is 9.77. The van der Waals surface area contributed by atoms with Crippen molar-refractivity contribution in [1.82, 2.24) is 5.32 Å². The second-order valence-corrected chi connectivity index (χ2v) is 8.11. The van der Waals surface area contributed by atoms with Gasteiger partial charge in [0.25, 0.3) is 0 Å². The molecule has 1 aromatic rings. The molecule has 1 aromatic carbocycles. The molecule has 0 radical (unpaired) electrons. The lowest BCUT2D eigenvalue weighted by Gasteiger charge is -2.34. The Morgan fingerprint density at radius 2 is 1.92 bits per heavy atom. The van der Waals surface area contributed by atoms with Gasteiger partial charge in [0.15, 0.2) is 0 Å². The number of amides is 1. The maximum atomic E-state index is 12.9. The van der Waals surface area contributed by atoms with Crippen molar-refractivity contribution in [3.63, 3.8) is 0 Å². The molecular formula is C19H22F3NO3. The smallest absolute Gasteiger partial charge is 0.393 e. The van der Waals surface area contributed by atoms with Crippen LogP contribution in [-0.2, 0) is 22.1 Å². The maximum absolute atomic E-state index is 12.9. The van der Waals surface area contributed by atoms with E-state index in [9.17, 15) is 23.1 Å². The first-order valence-corrected chi connectivity index (χ1v) is 8.95. The zero-order valence-electron chi connectivity index (χ0n) is 14.3. The summed E-state index contributed by atoms with van der Waals surface area (Å²) in [5, 5.41) is 12.6. The largest absolute Gasteiger partial charge is 0.416 e. The summed E-state index contributed by atoms with van der Waals surface area (Å²) < 4.78 is 43.6. The minimum absolute atomic E-state index is 0.0735. The molecule has 2 unspecified atom stereocenters. The van der Waals surface area contributed by atoms with Crippen molar-refractivity contribution in [3.05, 3.63) is 35.4 Å². The molecule has 2 N–H and O–H groups in total. The van der Waals surface area contributed by atoms with E-state index in [0.29, 0.717) is 25.0 Å². The fourth-order valence-corrected chi connectivity index (χ4v) is 4.40. The topological polar surface area (TPSA) is 58.6 Å². The summed E-state index contributed by atoms with van der Waals surface area (Å²) in [6, 6.07) is 5.10. The van der Waals surface area contributed by atoms with Crippen molar-refractivity contribution < 1.29 is 27.8 Å². The summed E-state index contributed by atoms with van der Waals surface area (Å²) in [6.45, 7) is 0.755. The highest BCUT2D eigenvalue weighted by Crippen LogP contribution is 2.60. The zero-order chi connectivity index (χ0) is 18.6. The van der Waals surface area contributed by atoms with E-state index in [0.717, 1.165) is 31.4 Å². The van der Waals surface area contributed by atoms with Crippen molar-refractivity contribution in [2.45, 2.75) is 50.4 Å². The third-order valence-corrected chi connectivity index (χ3v) is 6.19. The number of halogens is 3. The number of carbonyl (C=O) groups is 1. The van der Waals surface area contributed by atoms with E-state index in [4.69, 9.17) is 4.74 Å². The Balaban J connectivity index is 1.44. The van der Waals surface area contributed by atoms with Crippen LogP contribution in [0, 0.1) is 10.8 Å². The highest BCUT2D eigenvalue weighted by Gasteiger charge is 2.62. The molecule has 1 amide bonds. The van der Waals surface area contributed by atoms with E-state index in [1.165, 1.54) is 12.1 Å². The zero-order valence-corrected chi connectivity index (χ0v) is 14.3. The monoisotopic (exact) mass is 369 g/mol. The number of benzene rings is 1. The summed E-state index contributed by atoms with van der Waals surface area (Å²) in [5.41, 5.74) is -0.648. The van der Waals surface area contributed by atoms with Gasteiger partial charge in [0.05, 0.1) is 23.7 Å². The molecule has 4 nitrogen and oxygen atoms in total. The van der Waals surface area contributed by atoms with Crippen LogP contribution in [0.2, 0.25) is 0 Å². The number of alkyl halides is 3. The average molecular weight is 369 g/mol. The van der Waals surface area contributed by atoms with Crippen LogP contribution in [0.4, 0.5) is 13.2 Å². The Labute approximate surface area is 149 Å². The van der Waals surface area contributed by atoms with E-state index < -0.39 is 17.2 Å². The van der Waals surface area contributed by atoms with Gasteiger partial charge in [-0.2, -0.15) is 13.2 Å². The number of carbonyl (C=O) groups excluding carboxylic acids is 1. The Morgan fingerprint density at radius 1 is 1.23 bits per heavy atom. The van der Waals surface area contributed by atoms with Crippen LogP contribution >= 0.6 is 0 Å². The van der Waals surface area contributed by atoms with Crippen LogP contribution in [0.3, 0.4) is 0 Å². The molecule has 3 fully saturated rings. The molecule has 4 rings (SSSR count). The van der Waals surface area contributed by atoms with Crippen LogP contribution < -0.4 is 5.32 Å². The number of ether oxygens (including phenoxy) is 1. The number of rotatable bonds is 4. The molecule has 2 saturated carbocycles. The fraction of sp³-hybridized carbons (Fsp3) is 0.632. The first-order valence-electron chi connectivity index (χ1n) is 8.95. The summed E-state index contributed by atoms with van der Waals surface area (Å²) >= 11 is 0. The molecule has 1 aliphatic heterocycles. The quantitative estimate of drug-likeness (QED) is 0.858. The van der Waals surface area contributed by atoms with E-state index in [1.54, 1.807) is 0 Å². The Kier molecular flexibility index (Phi) is 4.08. The van der Waals surface area contributed by atoms with Gasteiger partial charge in [-0.25, -0.2) is 0 Å². The molecule has 2 atom stereocenters. The molecular weight excluding hydrogens is 347 g/mol. The third kappa shape index (κ3) is 3.11. The summed E-state index contributed by atoms with van der Waals surface area (Å²) in [5.74, 6) is -0.0850. The molecule has 0 bridgehead atoms. The molecule has 1 spiro atoms. The van der Waals surface area contributed by atoms with Crippen molar-refractivity contribution in [2.75, 3.05) is 13.2 Å². The molecule has 142 valence electrons. The van der Waals surface area contributed by atoms with Gasteiger partial charge in [0.2, 0.25) is 5.91 Å². The highest BCUT2D eigenvalue weighted by atomic mass is 19.4. The van der Waals surface area contributed by atoms with Crippen molar-refractivity contribution in [1.29, 1.82) is 0 Å². The van der Waals surface area contributed by atoms with Crippen LogP contribution in [0.25, 0.3) is 0 Å². The molecule has 2 aliphatic carbocycles. The molecule has 26 heavy (non-hydrogen) atoms. The predicted octanol–water partition coefficient (Wildman–Crippen LogP) is 2.68. The fourth-order valence-electron chi connectivity index (χ4n) is 4.40. The highest BCUT2D eigenvalue weighted by molar-refractivity contribution is 5.84. The van der Waals surface area contributed by atoms with Gasteiger partial charge in [0, 0.05) is 12.6 Å². The van der Waals surface area contributed by atoms with E-state index in [1.807, 2.05) is 0 Å². The van der Waals surface area contributed by atoms with Gasteiger partial charge in [-0.15, -0.1) is 0 Å². The van der Waals surface area contributed by atoms with E-state index >= 15 is 0 Å². The number of hydrogen-bond acceptors (Lipinski definition) is 3. The van der Waals surface area contributed by atoms with Crippen molar-refractivity contribution in [3.8, 4) is 0 Å². The minimum atomic E-state index is -4.36. The van der Waals surface area contributed by atoms with Gasteiger partial charge in [-0.1, -0.05) is 12.1 Å².